The van der Waals surface area contributed by atoms with E-state index in [2.05, 4.69) is 45.0 Å². The number of hydrogen-bond acceptors (Lipinski definition) is 15. The summed E-state index contributed by atoms with van der Waals surface area (Å²) in [5.41, 5.74) is 7.69. The Morgan fingerprint density at radius 3 is 2.79 bits per heavy atom. The van der Waals surface area contributed by atoms with Gasteiger partial charge in [-0.3, -0.25) is 4.79 Å². The summed E-state index contributed by atoms with van der Waals surface area (Å²) in [6.07, 6.45) is 9.59. The molecule has 3 atom stereocenters. The number of aromatic nitrogens is 5. The molecule has 52 heavy (non-hydrogen) atoms. The maximum atomic E-state index is 12.1. The van der Waals surface area contributed by atoms with Crippen molar-refractivity contribution in [2.75, 3.05) is 50.5 Å². The van der Waals surface area contributed by atoms with Crippen LogP contribution >= 0.6 is 11.3 Å². The highest BCUT2D eigenvalue weighted by Gasteiger charge is 2.43. The molecule has 278 valence electrons. The molecule has 0 spiro atoms. The van der Waals surface area contributed by atoms with Gasteiger partial charge in [-0.1, -0.05) is 31.8 Å². The first-order valence-corrected chi connectivity index (χ1v) is 19.1. The summed E-state index contributed by atoms with van der Waals surface area (Å²) in [5.74, 6) is 1.59. The summed E-state index contributed by atoms with van der Waals surface area (Å²) < 4.78 is 22.0. The molecule has 1 saturated heterocycles. The molecule has 1 aliphatic heterocycles. The molecule has 1 fully saturated rings. The number of aryl methyl sites for hydroxylation is 1. The standard InChI is InChI=1S/C37H49N9O5S/c1-23(2)30(34(47)48-5)27-20-29(43-50-27)49-19-9-7-6-8-16-45-17-11-18-46(24(3)22-45)36-40-15-13-26(41-36)33-42-35(51-44-33)37(4)14-10-12-28-31(37)25(21-38)32(39)52-28/h13,15,20,23-24,30H,6-12,14,16-19,22,39H2,1-5H3/t24-,30?,37-/m0/s1. The zero-order chi connectivity index (χ0) is 36.8. The molecule has 1 aliphatic carbocycles. The quantitative estimate of drug-likeness (QED) is 0.116. The second-order valence-electron chi connectivity index (χ2n) is 14.4. The number of nitrogens with two attached hydrogens (primary N) is 1. The van der Waals surface area contributed by atoms with Crippen molar-refractivity contribution in [1.82, 2.24) is 30.2 Å². The summed E-state index contributed by atoms with van der Waals surface area (Å²) in [6.45, 7) is 12.5. The monoisotopic (exact) mass is 731 g/mol. The van der Waals surface area contributed by atoms with Crippen LogP contribution in [-0.4, -0.2) is 82.1 Å². The zero-order valence-corrected chi connectivity index (χ0v) is 31.6. The lowest BCUT2D eigenvalue weighted by molar-refractivity contribution is -0.144. The van der Waals surface area contributed by atoms with Gasteiger partial charge in [0.1, 0.15) is 22.7 Å². The Balaban J connectivity index is 0.979. The largest absolute Gasteiger partial charge is 0.476 e. The Kier molecular flexibility index (Phi) is 11.7. The van der Waals surface area contributed by atoms with Crippen molar-refractivity contribution in [3.8, 4) is 23.5 Å². The lowest BCUT2D eigenvalue weighted by Crippen LogP contribution is -2.40. The molecule has 1 unspecified atom stereocenters. The number of thiophene rings is 1. The predicted octanol–water partition coefficient (Wildman–Crippen LogP) is 6.12. The molecule has 0 saturated carbocycles. The van der Waals surface area contributed by atoms with Crippen LogP contribution in [0.5, 0.6) is 5.88 Å². The topological polar surface area (TPSA) is 183 Å². The fraction of sp³-hybridized carbons (Fsp3) is 0.595. The Morgan fingerprint density at radius 2 is 2.00 bits per heavy atom. The lowest BCUT2D eigenvalue weighted by Gasteiger charge is -2.30. The van der Waals surface area contributed by atoms with Crippen molar-refractivity contribution < 1.29 is 23.3 Å². The number of ether oxygens (including phenoxy) is 2. The van der Waals surface area contributed by atoms with Gasteiger partial charge < -0.3 is 34.1 Å². The van der Waals surface area contributed by atoms with Crippen molar-refractivity contribution in [3.05, 3.63) is 46.0 Å². The summed E-state index contributed by atoms with van der Waals surface area (Å²) in [5, 5.41) is 18.7. The number of rotatable bonds is 14. The molecule has 2 aliphatic rings. The van der Waals surface area contributed by atoms with Gasteiger partial charge in [0.2, 0.25) is 17.7 Å². The molecule has 14 nitrogen and oxygen atoms in total. The van der Waals surface area contributed by atoms with Gasteiger partial charge in [-0.15, -0.1) is 11.3 Å². The van der Waals surface area contributed by atoms with E-state index in [1.165, 1.54) is 18.4 Å². The molecular formula is C37H49N9O5S. The van der Waals surface area contributed by atoms with Crippen LogP contribution in [0.1, 0.15) is 106 Å². The summed E-state index contributed by atoms with van der Waals surface area (Å²) >= 11 is 1.49. The van der Waals surface area contributed by atoms with Crippen molar-refractivity contribution in [2.24, 2.45) is 5.92 Å². The van der Waals surface area contributed by atoms with E-state index in [0.29, 0.717) is 52.2 Å². The molecule has 0 amide bonds. The van der Waals surface area contributed by atoms with Gasteiger partial charge >= 0.3 is 5.97 Å². The van der Waals surface area contributed by atoms with Crippen LogP contribution in [0.3, 0.4) is 0 Å². The molecule has 15 heteroatoms. The third kappa shape index (κ3) is 7.92. The van der Waals surface area contributed by atoms with Gasteiger partial charge in [0.15, 0.2) is 5.76 Å². The number of carbonyl (C=O) groups is 1. The second kappa shape index (κ2) is 16.4. The third-order valence-corrected chi connectivity index (χ3v) is 11.3. The Bertz CT molecular complexity index is 1870. The number of nitrogens with zero attached hydrogens (tertiary/aromatic N) is 8. The van der Waals surface area contributed by atoms with E-state index in [1.54, 1.807) is 12.3 Å². The molecular weight excluding hydrogens is 683 g/mol. The maximum absolute atomic E-state index is 12.1. The normalized spacial score (nSPS) is 19.9. The first-order valence-electron chi connectivity index (χ1n) is 18.3. The van der Waals surface area contributed by atoms with E-state index in [1.807, 2.05) is 19.9 Å². The van der Waals surface area contributed by atoms with Crippen LogP contribution < -0.4 is 15.4 Å². The molecule has 5 heterocycles. The first-order chi connectivity index (χ1) is 25.1. The van der Waals surface area contributed by atoms with E-state index in [0.717, 1.165) is 88.0 Å². The highest BCUT2D eigenvalue weighted by molar-refractivity contribution is 7.16. The van der Waals surface area contributed by atoms with E-state index in [-0.39, 0.29) is 17.9 Å². The summed E-state index contributed by atoms with van der Waals surface area (Å²) in [4.78, 5) is 32.4. The molecule has 6 rings (SSSR count). The average Bonchev–Trinajstić information content (AvgIpc) is 3.86. The van der Waals surface area contributed by atoms with Crippen molar-refractivity contribution in [2.45, 2.75) is 96.4 Å². The van der Waals surface area contributed by atoms with E-state index in [4.69, 9.17) is 34.2 Å². The molecule has 0 radical (unpaired) electrons. The maximum Gasteiger partial charge on any atom is 0.316 e. The number of fused-ring (bicyclic) bond motifs is 1. The number of hydrogen-bond donors (Lipinski definition) is 1. The molecule has 4 aromatic heterocycles. The Labute approximate surface area is 308 Å². The number of anilines is 2. The minimum Gasteiger partial charge on any atom is -0.476 e. The third-order valence-electron chi connectivity index (χ3n) is 10.3. The fourth-order valence-electron chi connectivity index (χ4n) is 7.52. The average molecular weight is 732 g/mol. The Hall–Kier alpha value is -4.55. The van der Waals surface area contributed by atoms with Crippen molar-refractivity contribution >= 4 is 28.3 Å². The smallest absolute Gasteiger partial charge is 0.316 e. The van der Waals surface area contributed by atoms with Crippen molar-refractivity contribution in [1.29, 1.82) is 5.26 Å². The van der Waals surface area contributed by atoms with Gasteiger partial charge in [-0.05, 0) is 82.6 Å². The molecule has 2 N–H and O–H groups in total. The highest BCUT2D eigenvalue weighted by atomic mass is 32.1. The van der Waals surface area contributed by atoms with Crippen LogP contribution in [0.4, 0.5) is 10.9 Å². The zero-order valence-electron chi connectivity index (χ0n) is 30.8. The summed E-state index contributed by atoms with van der Waals surface area (Å²) in [6, 6.07) is 6.03. The van der Waals surface area contributed by atoms with Gasteiger partial charge in [0.25, 0.3) is 5.88 Å². The SMILES string of the molecule is COC(=O)C(c1cc(OCCCCCCN2CCCN(c3nccc(-c4noc([C@@]5(C)CCCc6sc(N)c(C#N)c65)n4)n3)[C@@H](C)C2)no1)C(C)C. The second-order valence-corrected chi connectivity index (χ2v) is 15.5. The van der Waals surface area contributed by atoms with Crippen LogP contribution in [0, 0.1) is 17.2 Å². The van der Waals surface area contributed by atoms with Gasteiger partial charge in [-0.2, -0.15) is 10.2 Å². The number of nitrogen functional groups attached to an aromatic ring is 1. The lowest BCUT2D eigenvalue weighted by atomic mass is 9.72. The van der Waals surface area contributed by atoms with Crippen LogP contribution in [0.2, 0.25) is 0 Å². The van der Waals surface area contributed by atoms with Gasteiger partial charge in [0, 0.05) is 41.8 Å². The number of unbranched alkanes of at least 4 members (excludes halogenated alkanes) is 3. The van der Waals surface area contributed by atoms with E-state index < -0.39 is 11.3 Å². The molecule has 4 aromatic rings. The highest BCUT2D eigenvalue weighted by Crippen LogP contribution is 2.48. The number of carbonyl (C=O) groups excluding carboxylic acids is 1. The van der Waals surface area contributed by atoms with Crippen LogP contribution in [-0.2, 0) is 21.4 Å². The van der Waals surface area contributed by atoms with Crippen LogP contribution in [0.25, 0.3) is 11.5 Å². The minimum atomic E-state index is -0.585. The van der Waals surface area contributed by atoms with Crippen LogP contribution in [0.15, 0.2) is 27.4 Å². The fourth-order valence-corrected chi connectivity index (χ4v) is 8.71. The number of nitriles is 1. The summed E-state index contributed by atoms with van der Waals surface area (Å²) in [7, 11) is 1.38. The van der Waals surface area contributed by atoms with Gasteiger partial charge in [-0.25, -0.2) is 9.97 Å². The number of methoxy groups -OCH3 is 1. The molecule has 0 bridgehead atoms. The first kappa shape index (κ1) is 37.2. The van der Waals surface area contributed by atoms with E-state index >= 15 is 0 Å². The predicted molar refractivity (Wildman–Crippen MR) is 196 cm³/mol. The molecule has 0 aromatic carbocycles. The van der Waals surface area contributed by atoms with Crippen molar-refractivity contribution in [3.63, 3.8) is 0 Å². The number of esters is 1. The minimum absolute atomic E-state index is 0.0220. The van der Waals surface area contributed by atoms with E-state index in [9.17, 15) is 10.1 Å². The van der Waals surface area contributed by atoms with Gasteiger partial charge in [0.05, 0.1) is 24.7 Å². The Morgan fingerprint density at radius 1 is 1.17 bits per heavy atom.